The van der Waals surface area contributed by atoms with Crippen LogP contribution in [-0.2, 0) is 6.42 Å². The number of hydrogen-bond acceptors (Lipinski definition) is 4. The van der Waals surface area contributed by atoms with Crippen LogP contribution in [0.4, 0.5) is 0 Å². The van der Waals surface area contributed by atoms with Crippen molar-refractivity contribution in [3.05, 3.63) is 64.2 Å². The summed E-state index contributed by atoms with van der Waals surface area (Å²) >= 11 is 0. The van der Waals surface area contributed by atoms with Gasteiger partial charge in [-0.2, -0.15) is 0 Å². The second kappa shape index (κ2) is 8.22. The van der Waals surface area contributed by atoms with Crippen LogP contribution < -0.4 is 19.9 Å². The molecule has 2 aromatic carbocycles. The molecular formula is C21H26N3O3+. The van der Waals surface area contributed by atoms with Gasteiger partial charge in [0.05, 0.1) is 38.7 Å². The predicted octanol–water partition coefficient (Wildman–Crippen LogP) is 1.76. The number of methoxy groups -OCH3 is 2. The Bertz CT molecular complexity index is 984. The lowest BCUT2D eigenvalue weighted by atomic mass is 10.1. The smallest absolute Gasteiger partial charge is 0.258 e. The highest BCUT2D eigenvalue weighted by Gasteiger charge is 2.19. The summed E-state index contributed by atoms with van der Waals surface area (Å²) in [4.78, 5) is 21.2. The third kappa shape index (κ3) is 4.11. The summed E-state index contributed by atoms with van der Waals surface area (Å²) in [5, 5.41) is 0.622. The molecule has 6 nitrogen and oxygen atoms in total. The SMILES string of the molecule is COc1ccc(CC[NH+](C)[C@@H](C)c2nc3ccccc3c(=O)[nH]2)cc1OC. The minimum absolute atomic E-state index is 0.0717. The average Bonchev–Trinajstić information content (AvgIpc) is 2.71. The number of hydrogen-bond donors (Lipinski definition) is 2. The van der Waals surface area contributed by atoms with Crippen molar-refractivity contribution < 1.29 is 14.4 Å². The van der Waals surface area contributed by atoms with E-state index in [0.717, 1.165) is 30.0 Å². The molecule has 0 spiro atoms. The zero-order chi connectivity index (χ0) is 19.4. The second-order valence-electron chi connectivity index (χ2n) is 6.73. The van der Waals surface area contributed by atoms with Gasteiger partial charge in [0, 0.05) is 6.42 Å². The largest absolute Gasteiger partial charge is 0.493 e. The van der Waals surface area contributed by atoms with Gasteiger partial charge in [-0.1, -0.05) is 18.2 Å². The van der Waals surface area contributed by atoms with Crippen LogP contribution in [0, 0.1) is 0 Å². The molecule has 0 bridgehead atoms. The van der Waals surface area contributed by atoms with Crippen LogP contribution in [0.25, 0.3) is 10.9 Å². The van der Waals surface area contributed by atoms with Crippen molar-refractivity contribution in [2.75, 3.05) is 27.8 Å². The Morgan fingerprint density at radius 1 is 1.11 bits per heavy atom. The first kappa shape index (κ1) is 18.9. The summed E-state index contributed by atoms with van der Waals surface area (Å²) in [6.45, 7) is 2.98. The minimum atomic E-state index is -0.0878. The summed E-state index contributed by atoms with van der Waals surface area (Å²) in [5.74, 6) is 2.18. The molecule has 6 heteroatoms. The molecule has 0 amide bonds. The zero-order valence-corrected chi connectivity index (χ0v) is 16.2. The lowest BCUT2D eigenvalue weighted by Gasteiger charge is -2.21. The molecule has 0 saturated heterocycles. The van der Waals surface area contributed by atoms with Crippen molar-refractivity contribution in [2.24, 2.45) is 0 Å². The fourth-order valence-corrected chi connectivity index (χ4v) is 3.14. The monoisotopic (exact) mass is 368 g/mol. The maximum atomic E-state index is 12.3. The molecule has 1 aromatic heterocycles. The third-order valence-corrected chi connectivity index (χ3v) is 5.04. The van der Waals surface area contributed by atoms with Crippen molar-refractivity contribution in [1.82, 2.24) is 9.97 Å². The number of para-hydroxylation sites is 1. The molecule has 0 fully saturated rings. The van der Waals surface area contributed by atoms with Crippen molar-refractivity contribution >= 4 is 10.9 Å². The van der Waals surface area contributed by atoms with E-state index in [1.807, 2.05) is 30.3 Å². The number of aromatic amines is 1. The Labute approximate surface area is 158 Å². The average molecular weight is 368 g/mol. The summed E-state index contributed by atoms with van der Waals surface area (Å²) in [6, 6.07) is 13.5. The Morgan fingerprint density at radius 2 is 1.85 bits per heavy atom. The fourth-order valence-electron chi connectivity index (χ4n) is 3.14. The highest BCUT2D eigenvalue weighted by molar-refractivity contribution is 5.77. The van der Waals surface area contributed by atoms with Crippen LogP contribution in [0.15, 0.2) is 47.3 Å². The van der Waals surface area contributed by atoms with Crippen LogP contribution in [0.2, 0.25) is 0 Å². The number of H-pyrrole nitrogens is 1. The predicted molar refractivity (Wildman–Crippen MR) is 106 cm³/mol. The maximum absolute atomic E-state index is 12.3. The van der Waals surface area contributed by atoms with Crippen molar-refractivity contribution in [1.29, 1.82) is 0 Å². The van der Waals surface area contributed by atoms with E-state index in [-0.39, 0.29) is 11.6 Å². The fraction of sp³-hybridized carbons (Fsp3) is 0.333. The number of likely N-dealkylation sites (N-methyl/N-ethyl adjacent to an activating group) is 1. The van der Waals surface area contributed by atoms with E-state index in [2.05, 4.69) is 30.0 Å². The minimum Gasteiger partial charge on any atom is -0.493 e. The van der Waals surface area contributed by atoms with Gasteiger partial charge in [0.25, 0.3) is 5.56 Å². The molecule has 0 saturated carbocycles. The number of rotatable bonds is 7. The Kier molecular flexibility index (Phi) is 5.76. The summed E-state index contributed by atoms with van der Waals surface area (Å²) < 4.78 is 10.7. The van der Waals surface area contributed by atoms with Gasteiger partial charge >= 0.3 is 0 Å². The molecule has 2 N–H and O–H groups in total. The van der Waals surface area contributed by atoms with E-state index in [9.17, 15) is 4.79 Å². The lowest BCUT2D eigenvalue weighted by molar-refractivity contribution is -0.910. The van der Waals surface area contributed by atoms with Gasteiger partial charge in [0.1, 0.15) is 6.04 Å². The first-order valence-corrected chi connectivity index (χ1v) is 9.05. The quantitative estimate of drug-likeness (QED) is 0.667. The molecule has 0 aliphatic rings. The summed E-state index contributed by atoms with van der Waals surface area (Å²) in [7, 11) is 5.39. The van der Waals surface area contributed by atoms with E-state index < -0.39 is 0 Å². The molecule has 0 radical (unpaired) electrons. The van der Waals surface area contributed by atoms with Gasteiger partial charge in [-0.05, 0) is 36.8 Å². The molecule has 0 aliphatic heterocycles. The van der Waals surface area contributed by atoms with Crippen LogP contribution in [0.3, 0.4) is 0 Å². The van der Waals surface area contributed by atoms with Gasteiger partial charge < -0.3 is 19.4 Å². The number of benzene rings is 2. The molecule has 1 heterocycles. The van der Waals surface area contributed by atoms with Crippen LogP contribution >= 0.6 is 0 Å². The van der Waals surface area contributed by atoms with Crippen LogP contribution in [0.1, 0.15) is 24.4 Å². The number of ether oxygens (including phenoxy) is 2. The molecule has 142 valence electrons. The second-order valence-corrected chi connectivity index (χ2v) is 6.73. The van der Waals surface area contributed by atoms with Crippen molar-refractivity contribution in [3.8, 4) is 11.5 Å². The highest BCUT2D eigenvalue weighted by atomic mass is 16.5. The first-order valence-electron chi connectivity index (χ1n) is 9.05. The number of nitrogens with one attached hydrogen (secondary N) is 2. The molecule has 3 rings (SSSR count). The lowest BCUT2D eigenvalue weighted by Crippen LogP contribution is -3.09. The van der Waals surface area contributed by atoms with Crippen LogP contribution in [-0.4, -0.2) is 37.8 Å². The summed E-state index contributed by atoms with van der Waals surface area (Å²) in [5.41, 5.74) is 1.82. The molecule has 1 unspecified atom stereocenters. The van der Waals surface area contributed by atoms with Gasteiger partial charge in [-0.3, -0.25) is 4.79 Å². The number of aromatic nitrogens is 2. The zero-order valence-electron chi connectivity index (χ0n) is 16.2. The Balaban J connectivity index is 1.73. The standard InChI is InChI=1S/C21H25N3O3/c1-14(20-22-17-8-6-5-7-16(17)21(25)23-20)24(2)12-11-15-9-10-18(26-3)19(13-15)27-4/h5-10,13-14H,11-12H2,1-4H3,(H,22,23,25)/p+1/t14-/m0/s1. The topological polar surface area (TPSA) is 68.7 Å². The van der Waals surface area contributed by atoms with E-state index in [0.29, 0.717) is 11.2 Å². The highest BCUT2D eigenvalue weighted by Crippen LogP contribution is 2.27. The number of nitrogens with zero attached hydrogens (tertiary/aromatic N) is 1. The van der Waals surface area contributed by atoms with Gasteiger partial charge in [0.15, 0.2) is 17.3 Å². The molecule has 27 heavy (non-hydrogen) atoms. The molecule has 3 aromatic rings. The maximum Gasteiger partial charge on any atom is 0.258 e. The van der Waals surface area contributed by atoms with E-state index in [1.165, 1.54) is 10.5 Å². The molecule has 0 aliphatic carbocycles. The number of fused-ring (bicyclic) bond motifs is 1. The first-order chi connectivity index (χ1) is 13.0. The molecular weight excluding hydrogens is 342 g/mol. The summed E-state index contributed by atoms with van der Waals surface area (Å²) in [6.07, 6.45) is 0.883. The third-order valence-electron chi connectivity index (χ3n) is 5.04. The van der Waals surface area contributed by atoms with Crippen LogP contribution in [0.5, 0.6) is 11.5 Å². The Hall–Kier alpha value is -2.86. The Morgan fingerprint density at radius 3 is 2.59 bits per heavy atom. The normalized spacial score (nSPS) is 13.3. The van der Waals surface area contributed by atoms with Gasteiger partial charge in [0.2, 0.25) is 0 Å². The number of quaternary nitrogens is 1. The van der Waals surface area contributed by atoms with E-state index >= 15 is 0 Å². The molecule has 2 atom stereocenters. The van der Waals surface area contributed by atoms with Crippen molar-refractivity contribution in [3.63, 3.8) is 0 Å². The van der Waals surface area contributed by atoms with Crippen molar-refractivity contribution in [2.45, 2.75) is 19.4 Å². The van der Waals surface area contributed by atoms with Gasteiger partial charge in [-0.15, -0.1) is 0 Å². The van der Waals surface area contributed by atoms with Gasteiger partial charge in [-0.25, -0.2) is 4.98 Å². The van der Waals surface area contributed by atoms with E-state index in [1.54, 1.807) is 20.3 Å². The van der Waals surface area contributed by atoms with E-state index in [4.69, 9.17) is 9.47 Å².